The summed E-state index contributed by atoms with van der Waals surface area (Å²) in [6, 6.07) is 7.59. The van der Waals surface area contributed by atoms with Crippen molar-refractivity contribution >= 4 is 5.97 Å². The first-order valence-corrected chi connectivity index (χ1v) is 6.77. The quantitative estimate of drug-likeness (QED) is 0.735. The molecule has 0 bridgehead atoms. The third kappa shape index (κ3) is 3.49. The van der Waals surface area contributed by atoms with Crippen LogP contribution < -0.4 is 10.1 Å². The van der Waals surface area contributed by atoms with E-state index in [9.17, 15) is 9.90 Å². The normalized spacial score (nSPS) is 17.4. The van der Waals surface area contributed by atoms with Gasteiger partial charge < -0.3 is 14.6 Å². The molecule has 0 heterocycles. The van der Waals surface area contributed by atoms with Crippen molar-refractivity contribution in [3.8, 4) is 5.75 Å². The van der Waals surface area contributed by atoms with Gasteiger partial charge >= 0.3 is 5.97 Å². The van der Waals surface area contributed by atoms with E-state index in [2.05, 4.69) is 5.32 Å². The van der Waals surface area contributed by atoms with Crippen LogP contribution in [0.2, 0.25) is 0 Å². The summed E-state index contributed by atoms with van der Waals surface area (Å²) in [7, 11) is 1.37. The lowest BCUT2D eigenvalue weighted by Gasteiger charge is -2.28. The van der Waals surface area contributed by atoms with E-state index in [1.54, 1.807) is 19.1 Å². The van der Waals surface area contributed by atoms with Gasteiger partial charge in [0.2, 0.25) is 0 Å². The molecule has 5 nitrogen and oxygen atoms in total. The van der Waals surface area contributed by atoms with Gasteiger partial charge in [-0.1, -0.05) is 18.2 Å². The van der Waals surface area contributed by atoms with Gasteiger partial charge in [0.1, 0.15) is 17.9 Å². The Labute approximate surface area is 118 Å². The maximum atomic E-state index is 12.0. The second-order valence-electron chi connectivity index (χ2n) is 5.30. The molecule has 110 valence electrons. The van der Waals surface area contributed by atoms with Crippen molar-refractivity contribution in [1.29, 1.82) is 0 Å². The van der Waals surface area contributed by atoms with Gasteiger partial charge in [0.05, 0.1) is 13.7 Å². The maximum absolute atomic E-state index is 12.0. The van der Waals surface area contributed by atoms with Crippen LogP contribution >= 0.6 is 0 Å². The zero-order valence-electron chi connectivity index (χ0n) is 11.9. The Balaban J connectivity index is 2.05. The lowest BCUT2D eigenvalue weighted by atomic mass is 10.0. The Bertz CT molecular complexity index is 473. The molecule has 5 heteroatoms. The number of carbonyl (C=O) groups is 1. The topological polar surface area (TPSA) is 67.8 Å². The third-order valence-corrected chi connectivity index (χ3v) is 3.40. The number of nitrogens with one attached hydrogen (secondary N) is 1. The van der Waals surface area contributed by atoms with Crippen molar-refractivity contribution in [3.63, 3.8) is 0 Å². The average Bonchev–Trinajstić information content (AvgIpc) is 3.28. The van der Waals surface area contributed by atoms with Gasteiger partial charge in [0.15, 0.2) is 0 Å². The maximum Gasteiger partial charge on any atom is 0.329 e. The molecule has 0 radical (unpaired) electrons. The average molecular weight is 279 g/mol. The highest BCUT2D eigenvalue weighted by molar-refractivity contribution is 5.80. The third-order valence-electron chi connectivity index (χ3n) is 3.40. The number of carbonyl (C=O) groups excluding carboxylic acids is 1. The van der Waals surface area contributed by atoms with Gasteiger partial charge in [-0.15, -0.1) is 0 Å². The molecule has 0 saturated heterocycles. The number of hydrogen-bond acceptors (Lipinski definition) is 5. The monoisotopic (exact) mass is 279 g/mol. The number of ether oxygens (including phenoxy) is 2. The molecule has 1 aliphatic rings. The molecule has 2 rings (SSSR count). The number of hydrogen-bond donors (Lipinski definition) is 2. The molecule has 2 N–H and O–H groups in total. The molecule has 20 heavy (non-hydrogen) atoms. The van der Waals surface area contributed by atoms with E-state index < -0.39 is 5.54 Å². The standard InChI is InChI=1S/C15H21NO4/c1-15(14(18)19-2,16-12-7-8-12)10-20-13-6-4-3-5-11(13)9-17/h3-6,12,16-17H,7-10H2,1-2H3. The van der Waals surface area contributed by atoms with E-state index in [1.165, 1.54) is 7.11 Å². The first-order valence-electron chi connectivity index (χ1n) is 6.77. The largest absolute Gasteiger partial charge is 0.491 e. The number of rotatable bonds is 7. The second-order valence-corrected chi connectivity index (χ2v) is 5.30. The fraction of sp³-hybridized carbons (Fsp3) is 0.533. The highest BCUT2D eigenvalue weighted by Gasteiger charge is 2.40. The molecule has 1 atom stereocenters. The van der Waals surface area contributed by atoms with E-state index in [0.29, 0.717) is 17.4 Å². The van der Waals surface area contributed by atoms with Crippen LogP contribution in [-0.4, -0.2) is 36.4 Å². The number of esters is 1. The minimum absolute atomic E-state index is 0.0961. The SMILES string of the molecule is COC(=O)C(C)(COc1ccccc1CO)NC1CC1. The van der Waals surface area contributed by atoms with Crippen LogP contribution in [0.5, 0.6) is 5.75 Å². The zero-order valence-corrected chi connectivity index (χ0v) is 11.9. The van der Waals surface area contributed by atoms with Gasteiger partial charge in [-0.05, 0) is 25.8 Å². The van der Waals surface area contributed by atoms with Gasteiger partial charge in [-0.2, -0.15) is 0 Å². The van der Waals surface area contributed by atoms with Gasteiger partial charge in [0.25, 0.3) is 0 Å². The molecule has 1 saturated carbocycles. The van der Waals surface area contributed by atoms with Crippen molar-refractivity contribution in [2.24, 2.45) is 0 Å². The number of aliphatic hydroxyl groups is 1. The fourth-order valence-electron chi connectivity index (χ4n) is 2.06. The van der Waals surface area contributed by atoms with Crippen LogP contribution in [0.25, 0.3) is 0 Å². The Morgan fingerprint density at radius 1 is 1.45 bits per heavy atom. The first-order chi connectivity index (χ1) is 9.59. The molecule has 0 amide bonds. The fourth-order valence-corrected chi connectivity index (χ4v) is 2.06. The molecule has 0 aliphatic heterocycles. The van der Waals surface area contributed by atoms with Crippen LogP contribution in [0.3, 0.4) is 0 Å². The van der Waals surface area contributed by atoms with Gasteiger partial charge in [-0.25, -0.2) is 4.79 Å². The minimum atomic E-state index is -0.877. The summed E-state index contributed by atoms with van der Waals surface area (Å²) in [4.78, 5) is 12.0. The predicted octanol–water partition coefficient (Wildman–Crippen LogP) is 1.24. The summed E-state index contributed by atoms with van der Waals surface area (Å²) in [6.45, 7) is 1.84. The number of aliphatic hydroxyl groups excluding tert-OH is 1. The zero-order chi connectivity index (χ0) is 14.6. The van der Waals surface area contributed by atoms with E-state index >= 15 is 0 Å². The van der Waals surface area contributed by atoms with Crippen molar-refractivity contribution in [3.05, 3.63) is 29.8 Å². The molecular formula is C15H21NO4. The molecule has 1 aromatic carbocycles. The summed E-state index contributed by atoms with van der Waals surface area (Å²) in [5.41, 5.74) is -0.176. The van der Waals surface area contributed by atoms with Crippen molar-refractivity contribution in [1.82, 2.24) is 5.32 Å². The Morgan fingerprint density at radius 2 is 2.15 bits per heavy atom. The van der Waals surface area contributed by atoms with Crippen LogP contribution in [-0.2, 0) is 16.1 Å². The number of benzene rings is 1. The highest BCUT2D eigenvalue weighted by Crippen LogP contribution is 2.25. The van der Waals surface area contributed by atoms with E-state index in [1.807, 2.05) is 12.1 Å². The van der Waals surface area contributed by atoms with E-state index in [0.717, 1.165) is 12.8 Å². The molecular weight excluding hydrogens is 258 g/mol. The Hall–Kier alpha value is -1.59. The second kappa shape index (κ2) is 6.24. The summed E-state index contributed by atoms with van der Waals surface area (Å²) in [6.07, 6.45) is 2.14. The summed E-state index contributed by atoms with van der Waals surface area (Å²) in [5, 5.41) is 12.5. The highest BCUT2D eigenvalue weighted by atomic mass is 16.5. The summed E-state index contributed by atoms with van der Waals surface area (Å²) in [5.74, 6) is 0.244. The Kier molecular flexibility index (Phi) is 4.62. The molecule has 1 unspecified atom stereocenters. The molecule has 1 aliphatic carbocycles. The van der Waals surface area contributed by atoms with Crippen LogP contribution in [0.4, 0.5) is 0 Å². The molecule has 1 fully saturated rings. The minimum Gasteiger partial charge on any atom is -0.491 e. The summed E-state index contributed by atoms with van der Waals surface area (Å²) < 4.78 is 10.6. The number of para-hydroxylation sites is 1. The van der Waals surface area contributed by atoms with Crippen molar-refractivity contribution in [2.45, 2.75) is 38.0 Å². The van der Waals surface area contributed by atoms with E-state index in [4.69, 9.17) is 9.47 Å². The van der Waals surface area contributed by atoms with Gasteiger partial charge in [-0.3, -0.25) is 5.32 Å². The van der Waals surface area contributed by atoms with Crippen molar-refractivity contribution in [2.75, 3.05) is 13.7 Å². The smallest absolute Gasteiger partial charge is 0.329 e. The molecule has 0 spiro atoms. The van der Waals surface area contributed by atoms with Crippen LogP contribution in [0, 0.1) is 0 Å². The predicted molar refractivity (Wildman–Crippen MR) is 74.4 cm³/mol. The first kappa shape index (κ1) is 14.8. The number of methoxy groups -OCH3 is 1. The van der Waals surface area contributed by atoms with Crippen LogP contribution in [0.15, 0.2) is 24.3 Å². The Morgan fingerprint density at radius 3 is 2.75 bits per heavy atom. The van der Waals surface area contributed by atoms with Gasteiger partial charge in [0, 0.05) is 11.6 Å². The molecule has 0 aromatic heterocycles. The lowest BCUT2D eigenvalue weighted by Crippen LogP contribution is -2.55. The van der Waals surface area contributed by atoms with Crippen LogP contribution in [0.1, 0.15) is 25.3 Å². The summed E-state index contributed by atoms with van der Waals surface area (Å²) >= 11 is 0. The van der Waals surface area contributed by atoms with E-state index in [-0.39, 0.29) is 19.2 Å². The lowest BCUT2D eigenvalue weighted by molar-refractivity contribution is -0.149. The van der Waals surface area contributed by atoms with Crippen molar-refractivity contribution < 1.29 is 19.4 Å². The molecule has 1 aromatic rings.